The van der Waals surface area contributed by atoms with Crippen molar-refractivity contribution >= 4 is 39.7 Å². The number of aryl methyl sites for hydroxylation is 3. The van der Waals surface area contributed by atoms with E-state index in [1.807, 2.05) is 0 Å². The summed E-state index contributed by atoms with van der Waals surface area (Å²) in [5.41, 5.74) is 15.2. The second-order valence-electron chi connectivity index (χ2n) is 14.5. The molecule has 0 radical (unpaired) electrons. The van der Waals surface area contributed by atoms with E-state index in [2.05, 4.69) is 104 Å². The van der Waals surface area contributed by atoms with E-state index >= 15 is 0 Å². The first-order chi connectivity index (χ1) is 22.2. The highest BCUT2D eigenvalue weighted by molar-refractivity contribution is 5.85. The normalized spacial score (nSPS) is 17.1. The maximum absolute atomic E-state index is 12.2. The fourth-order valence-corrected chi connectivity index (χ4v) is 7.20. The third-order valence-electron chi connectivity index (χ3n) is 10.1. The number of ether oxygens (including phenoxy) is 2. The number of nitrogens with one attached hydrogen (secondary N) is 2. The molecule has 8 nitrogen and oxygen atoms in total. The Bertz CT molecular complexity index is 1860. The largest absolute Gasteiger partial charge is 0.469 e. The van der Waals surface area contributed by atoms with Crippen LogP contribution in [0.5, 0.6) is 0 Å². The highest BCUT2D eigenvalue weighted by Gasteiger charge is 2.31. The van der Waals surface area contributed by atoms with Crippen LogP contribution >= 0.6 is 0 Å². The summed E-state index contributed by atoms with van der Waals surface area (Å²) in [5, 5.41) is 0. The van der Waals surface area contributed by atoms with E-state index in [0.29, 0.717) is 19.4 Å². The van der Waals surface area contributed by atoms with E-state index in [1.54, 1.807) is 0 Å². The number of methoxy groups -OCH3 is 1. The van der Waals surface area contributed by atoms with Gasteiger partial charge in [-0.3, -0.25) is 9.78 Å². The van der Waals surface area contributed by atoms with Crippen molar-refractivity contribution in [2.45, 2.75) is 92.1 Å². The molecule has 3 aromatic heterocycles. The van der Waals surface area contributed by atoms with E-state index in [0.717, 1.165) is 79.8 Å². The fraction of sp³-hybridized carbons (Fsp3) is 0.513. The van der Waals surface area contributed by atoms with Crippen LogP contribution in [0.4, 0.5) is 0 Å². The fourth-order valence-electron chi connectivity index (χ4n) is 7.20. The number of carbonyl (C=O) groups is 1. The van der Waals surface area contributed by atoms with Crippen molar-refractivity contribution in [2.24, 2.45) is 0 Å². The van der Waals surface area contributed by atoms with Crippen molar-refractivity contribution < 1.29 is 18.8 Å². The molecule has 0 saturated heterocycles. The Hall–Kier alpha value is -3.75. The number of fused-ring (bicyclic) bond motifs is 8. The van der Waals surface area contributed by atoms with Crippen LogP contribution in [0.1, 0.15) is 115 Å². The van der Waals surface area contributed by atoms with E-state index in [9.17, 15) is 4.79 Å². The number of aromatic nitrogens is 4. The molecule has 0 amide bonds. The van der Waals surface area contributed by atoms with Crippen molar-refractivity contribution in [1.29, 1.82) is 0 Å². The van der Waals surface area contributed by atoms with E-state index in [4.69, 9.17) is 19.4 Å². The van der Waals surface area contributed by atoms with Gasteiger partial charge in [0.15, 0.2) is 0 Å². The quantitative estimate of drug-likeness (QED) is 0.132. The van der Waals surface area contributed by atoms with Crippen LogP contribution in [0.3, 0.4) is 0 Å². The number of carbonyl (C=O) groups excluding carboxylic acids is 1. The molecule has 8 heteroatoms. The minimum atomic E-state index is -0.197. The molecule has 3 aromatic rings. The lowest BCUT2D eigenvalue weighted by atomic mass is 9.86. The Labute approximate surface area is 280 Å². The Morgan fingerprint density at radius 2 is 1.66 bits per heavy atom. The first-order valence-corrected chi connectivity index (χ1v) is 17.1. The average Bonchev–Trinajstić information content (AvgIpc) is 3.72. The number of allylic oxidation sites excluding steroid dienone is 1. The summed E-state index contributed by atoms with van der Waals surface area (Å²) in [6.07, 6.45) is 4.99. The molecule has 2 N–H and O–H groups in total. The summed E-state index contributed by atoms with van der Waals surface area (Å²) in [6.45, 7) is 17.0. The first kappa shape index (κ1) is 34.6. The Morgan fingerprint density at radius 3 is 2.34 bits per heavy atom. The number of aromatic amines is 2. The maximum atomic E-state index is 12.2. The van der Waals surface area contributed by atoms with Crippen molar-refractivity contribution in [3.05, 3.63) is 68.8 Å². The third-order valence-corrected chi connectivity index (χ3v) is 10.1. The standard InChI is InChI=1S/C39H54N5O3/c1-12-28-23(3)32-21-36-38(27(7)47-17-13-16-44(8,9)10)25(5)34(42-36)20-33-24(4)29(14-15-37(45)46-11)39(43-33)26(6)31-18-22(2)30(40-31)19-35(28)41-32/h18-21,24,27,29,41-42H,12-17H2,1-11H3/q+1/t24-,27?,29-/m0/s1. The SMILES string of the molecule is CCc1c(C)c2cc3[nH]c(cc4nc(c(C)c5nc(cc1[nH]2)C(C)=C5)[C@@H](CCC(=O)OC)[C@@H]4C)c(C)c3C(C)OCCC[N+](C)(C)C. The van der Waals surface area contributed by atoms with Crippen LogP contribution in [0.2, 0.25) is 0 Å². The van der Waals surface area contributed by atoms with Gasteiger partial charge < -0.3 is 23.9 Å². The second-order valence-corrected chi connectivity index (χ2v) is 14.5. The molecule has 0 fully saturated rings. The van der Waals surface area contributed by atoms with Crippen LogP contribution in [-0.4, -0.2) is 71.8 Å². The summed E-state index contributed by atoms with van der Waals surface area (Å²) in [4.78, 5) is 30.2. The topological polar surface area (TPSA) is 92.9 Å². The molecule has 47 heavy (non-hydrogen) atoms. The zero-order chi connectivity index (χ0) is 34.2. The highest BCUT2D eigenvalue weighted by Crippen LogP contribution is 2.42. The Balaban J connectivity index is 1.78. The smallest absolute Gasteiger partial charge is 0.305 e. The van der Waals surface area contributed by atoms with Crippen LogP contribution in [0.15, 0.2) is 18.2 Å². The zero-order valence-electron chi connectivity index (χ0n) is 30.4. The van der Waals surface area contributed by atoms with E-state index < -0.39 is 0 Å². The van der Waals surface area contributed by atoms with Gasteiger partial charge in [-0.2, -0.15) is 0 Å². The van der Waals surface area contributed by atoms with Crippen molar-refractivity contribution in [2.75, 3.05) is 41.4 Å². The van der Waals surface area contributed by atoms with Gasteiger partial charge in [-0.05, 0) is 99.6 Å². The minimum Gasteiger partial charge on any atom is -0.469 e. The monoisotopic (exact) mass is 640 g/mol. The van der Waals surface area contributed by atoms with Crippen LogP contribution in [0, 0.1) is 20.8 Å². The van der Waals surface area contributed by atoms with Gasteiger partial charge in [-0.25, -0.2) is 4.98 Å². The van der Waals surface area contributed by atoms with E-state index in [1.165, 1.54) is 29.4 Å². The van der Waals surface area contributed by atoms with Gasteiger partial charge in [0.2, 0.25) is 0 Å². The van der Waals surface area contributed by atoms with Gasteiger partial charge in [-0.1, -0.05) is 13.8 Å². The molecule has 8 bridgehead atoms. The maximum Gasteiger partial charge on any atom is 0.305 e. The van der Waals surface area contributed by atoms with Gasteiger partial charge in [-0.15, -0.1) is 0 Å². The average molecular weight is 641 g/mol. The molecule has 0 spiro atoms. The summed E-state index contributed by atoms with van der Waals surface area (Å²) in [7, 11) is 8.10. The number of esters is 1. The predicted molar refractivity (Wildman–Crippen MR) is 192 cm³/mol. The number of hydrogen-bond acceptors (Lipinski definition) is 5. The lowest BCUT2D eigenvalue weighted by molar-refractivity contribution is -0.870. The van der Waals surface area contributed by atoms with Gasteiger partial charge in [0, 0.05) is 63.7 Å². The molecule has 1 unspecified atom stereocenters. The Morgan fingerprint density at radius 1 is 0.957 bits per heavy atom. The lowest BCUT2D eigenvalue weighted by Gasteiger charge is -2.24. The van der Waals surface area contributed by atoms with Crippen LogP contribution < -0.4 is 0 Å². The zero-order valence-corrected chi connectivity index (χ0v) is 30.4. The summed E-state index contributed by atoms with van der Waals surface area (Å²) >= 11 is 0. The predicted octanol–water partition coefficient (Wildman–Crippen LogP) is 8.38. The molecule has 5 rings (SSSR count). The molecule has 3 atom stereocenters. The lowest BCUT2D eigenvalue weighted by Crippen LogP contribution is -2.35. The molecule has 5 heterocycles. The number of hydrogen-bond donors (Lipinski definition) is 2. The molecular weight excluding hydrogens is 586 g/mol. The summed E-state index contributed by atoms with van der Waals surface area (Å²) in [6, 6.07) is 6.63. The molecule has 252 valence electrons. The van der Waals surface area contributed by atoms with Crippen LogP contribution in [-0.2, 0) is 20.7 Å². The van der Waals surface area contributed by atoms with Gasteiger partial charge in [0.25, 0.3) is 0 Å². The number of rotatable bonds is 10. The van der Waals surface area contributed by atoms with Gasteiger partial charge in [0.1, 0.15) is 0 Å². The molecule has 2 aliphatic heterocycles. The summed E-state index contributed by atoms with van der Waals surface area (Å²) < 4.78 is 12.4. The van der Waals surface area contributed by atoms with Crippen molar-refractivity contribution in [3.8, 4) is 0 Å². The summed E-state index contributed by atoms with van der Waals surface area (Å²) in [5.74, 6) is -0.00790. The second kappa shape index (κ2) is 13.8. The Kier molecular flexibility index (Phi) is 10.1. The highest BCUT2D eigenvalue weighted by atomic mass is 16.5. The molecule has 0 aromatic carbocycles. The number of H-pyrrole nitrogens is 2. The minimum absolute atomic E-state index is 0.0737. The van der Waals surface area contributed by atoms with Gasteiger partial charge >= 0.3 is 5.97 Å². The van der Waals surface area contributed by atoms with E-state index in [-0.39, 0.29) is 23.9 Å². The van der Waals surface area contributed by atoms with Crippen LogP contribution in [0.25, 0.3) is 33.7 Å². The molecule has 0 saturated carbocycles. The number of quaternary nitrogens is 1. The molecule has 2 aliphatic rings. The van der Waals surface area contributed by atoms with Gasteiger partial charge in [0.05, 0.1) is 58.9 Å². The molecule has 0 aliphatic carbocycles. The van der Waals surface area contributed by atoms with Crippen molar-refractivity contribution in [1.82, 2.24) is 19.9 Å². The number of nitrogens with zero attached hydrogens (tertiary/aromatic N) is 3. The van der Waals surface area contributed by atoms with Crippen molar-refractivity contribution in [3.63, 3.8) is 0 Å². The third kappa shape index (κ3) is 7.24. The molecular formula is C39H54N5O3+. The first-order valence-electron chi connectivity index (χ1n) is 17.1.